The quantitative estimate of drug-likeness (QED) is 0.863. The number of anilines is 1. The minimum absolute atomic E-state index is 0.299. The maximum absolute atomic E-state index is 13.9. The number of nitrogens with one attached hydrogen (secondary N) is 1. The first-order chi connectivity index (χ1) is 8.22. The highest BCUT2D eigenvalue weighted by molar-refractivity contribution is 5.40. The molecule has 1 atom stereocenters. The Balaban J connectivity index is 2.13. The van der Waals surface area contributed by atoms with E-state index in [0.29, 0.717) is 17.6 Å². The molecule has 2 heterocycles. The third-order valence-electron chi connectivity index (χ3n) is 3.23. The number of halogens is 1. The van der Waals surface area contributed by atoms with Gasteiger partial charge in [0.2, 0.25) is 0 Å². The third kappa shape index (κ3) is 2.72. The van der Waals surface area contributed by atoms with Crippen LogP contribution in [0.15, 0.2) is 6.33 Å². The number of hydrogen-bond acceptors (Lipinski definition) is 4. The van der Waals surface area contributed by atoms with Gasteiger partial charge >= 0.3 is 0 Å². The van der Waals surface area contributed by atoms with Gasteiger partial charge < -0.3 is 10.2 Å². The molecule has 0 bridgehead atoms. The Morgan fingerprint density at radius 3 is 3.00 bits per heavy atom. The summed E-state index contributed by atoms with van der Waals surface area (Å²) in [5.74, 6) is 0.126. The standard InChI is InChI=1S/C12H19FN4/c1-3-17(7-10-5-4-6-14-10)12-11(13)9(2)15-8-16-12/h8,10,14H,3-7H2,1-2H3. The van der Waals surface area contributed by atoms with Crippen LogP contribution in [0.2, 0.25) is 0 Å². The van der Waals surface area contributed by atoms with Crippen molar-refractivity contribution >= 4 is 5.82 Å². The molecular weight excluding hydrogens is 219 g/mol. The number of hydrogen-bond donors (Lipinski definition) is 1. The molecule has 0 aromatic carbocycles. The molecule has 0 amide bonds. The molecule has 94 valence electrons. The third-order valence-corrected chi connectivity index (χ3v) is 3.23. The highest BCUT2D eigenvalue weighted by atomic mass is 19.1. The summed E-state index contributed by atoms with van der Waals surface area (Å²) in [6.45, 7) is 6.32. The van der Waals surface area contributed by atoms with Crippen molar-refractivity contribution in [2.24, 2.45) is 0 Å². The Hall–Kier alpha value is -1.23. The van der Waals surface area contributed by atoms with Gasteiger partial charge in [-0.1, -0.05) is 0 Å². The molecule has 2 rings (SSSR count). The smallest absolute Gasteiger partial charge is 0.186 e. The van der Waals surface area contributed by atoms with Gasteiger partial charge in [0, 0.05) is 19.1 Å². The van der Waals surface area contributed by atoms with E-state index >= 15 is 0 Å². The van der Waals surface area contributed by atoms with E-state index in [-0.39, 0.29) is 5.82 Å². The largest absolute Gasteiger partial charge is 0.353 e. The van der Waals surface area contributed by atoms with Crippen LogP contribution >= 0.6 is 0 Å². The molecule has 1 aromatic heterocycles. The fourth-order valence-corrected chi connectivity index (χ4v) is 2.21. The first-order valence-electron chi connectivity index (χ1n) is 6.17. The lowest BCUT2D eigenvalue weighted by atomic mass is 10.2. The Labute approximate surface area is 101 Å². The number of aryl methyl sites for hydroxylation is 1. The second kappa shape index (κ2) is 5.40. The van der Waals surface area contributed by atoms with Crippen LogP contribution in [-0.2, 0) is 0 Å². The van der Waals surface area contributed by atoms with Crippen LogP contribution in [0.25, 0.3) is 0 Å². The molecule has 0 spiro atoms. The van der Waals surface area contributed by atoms with Crippen LogP contribution in [-0.4, -0.2) is 35.6 Å². The number of aromatic nitrogens is 2. The molecule has 0 aliphatic carbocycles. The van der Waals surface area contributed by atoms with E-state index in [1.54, 1.807) is 6.92 Å². The van der Waals surface area contributed by atoms with E-state index in [0.717, 1.165) is 26.1 Å². The normalized spacial score (nSPS) is 19.6. The van der Waals surface area contributed by atoms with Crippen LogP contribution in [0.1, 0.15) is 25.5 Å². The van der Waals surface area contributed by atoms with Crippen LogP contribution in [0.4, 0.5) is 10.2 Å². The lowest BCUT2D eigenvalue weighted by Crippen LogP contribution is -2.38. The highest BCUT2D eigenvalue weighted by Gasteiger charge is 2.20. The fourth-order valence-electron chi connectivity index (χ4n) is 2.21. The van der Waals surface area contributed by atoms with Crippen molar-refractivity contribution in [1.82, 2.24) is 15.3 Å². The van der Waals surface area contributed by atoms with E-state index in [9.17, 15) is 4.39 Å². The van der Waals surface area contributed by atoms with Crippen molar-refractivity contribution in [3.63, 3.8) is 0 Å². The van der Waals surface area contributed by atoms with Gasteiger partial charge in [-0.05, 0) is 33.2 Å². The van der Waals surface area contributed by atoms with Gasteiger partial charge in [-0.25, -0.2) is 14.4 Å². The van der Waals surface area contributed by atoms with Gasteiger partial charge in [-0.2, -0.15) is 0 Å². The first-order valence-corrected chi connectivity index (χ1v) is 6.17. The highest BCUT2D eigenvalue weighted by Crippen LogP contribution is 2.18. The second-order valence-corrected chi connectivity index (χ2v) is 4.43. The van der Waals surface area contributed by atoms with Crippen LogP contribution in [0.3, 0.4) is 0 Å². The Morgan fingerprint density at radius 2 is 2.35 bits per heavy atom. The summed E-state index contributed by atoms with van der Waals surface area (Å²) in [6.07, 6.45) is 3.79. The molecule has 1 unspecified atom stereocenters. The van der Waals surface area contributed by atoms with Gasteiger partial charge in [0.15, 0.2) is 11.6 Å². The van der Waals surface area contributed by atoms with E-state index < -0.39 is 0 Å². The molecular formula is C12H19FN4. The zero-order valence-corrected chi connectivity index (χ0v) is 10.4. The zero-order valence-electron chi connectivity index (χ0n) is 10.4. The lowest BCUT2D eigenvalue weighted by Gasteiger charge is -2.25. The maximum atomic E-state index is 13.9. The molecule has 4 nitrogen and oxygen atoms in total. The van der Waals surface area contributed by atoms with Crippen LogP contribution < -0.4 is 10.2 Å². The summed E-state index contributed by atoms with van der Waals surface area (Å²) in [6, 6.07) is 0.449. The average molecular weight is 238 g/mol. The molecule has 1 N–H and O–H groups in total. The summed E-state index contributed by atoms with van der Waals surface area (Å²) in [7, 11) is 0. The summed E-state index contributed by atoms with van der Waals surface area (Å²) in [4.78, 5) is 9.90. The topological polar surface area (TPSA) is 41.0 Å². The fraction of sp³-hybridized carbons (Fsp3) is 0.667. The minimum Gasteiger partial charge on any atom is -0.353 e. The van der Waals surface area contributed by atoms with Gasteiger partial charge in [-0.3, -0.25) is 0 Å². The maximum Gasteiger partial charge on any atom is 0.186 e. The molecule has 1 aromatic rings. The van der Waals surface area contributed by atoms with E-state index in [1.165, 1.54) is 12.7 Å². The van der Waals surface area contributed by atoms with E-state index in [1.807, 2.05) is 11.8 Å². The van der Waals surface area contributed by atoms with Crippen molar-refractivity contribution in [3.8, 4) is 0 Å². The monoisotopic (exact) mass is 238 g/mol. The molecule has 0 saturated carbocycles. The average Bonchev–Trinajstić information content (AvgIpc) is 2.83. The van der Waals surface area contributed by atoms with Crippen molar-refractivity contribution in [2.45, 2.75) is 32.7 Å². The Bertz CT molecular complexity index is 377. The van der Waals surface area contributed by atoms with Gasteiger partial charge in [-0.15, -0.1) is 0 Å². The molecule has 17 heavy (non-hydrogen) atoms. The number of nitrogens with zero attached hydrogens (tertiary/aromatic N) is 3. The van der Waals surface area contributed by atoms with Gasteiger partial charge in [0.05, 0.1) is 5.69 Å². The summed E-state index contributed by atoms with van der Waals surface area (Å²) in [5.41, 5.74) is 0.410. The van der Waals surface area contributed by atoms with Gasteiger partial charge in [0.1, 0.15) is 6.33 Å². The predicted octanol–water partition coefficient (Wildman–Crippen LogP) is 1.50. The molecule has 0 radical (unpaired) electrons. The Morgan fingerprint density at radius 1 is 1.53 bits per heavy atom. The molecule has 1 aliphatic rings. The van der Waals surface area contributed by atoms with Crippen molar-refractivity contribution in [1.29, 1.82) is 0 Å². The number of rotatable bonds is 4. The Kier molecular flexibility index (Phi) is 3.89. The lowest BCUT2D eigenvalue weighted by molar-refractivity contribution is 0.556. The molecule has 5 heteroatoms. The summed E-state index contributed by atoms with van der Waals surface area (Å²) < 4.78 is 13.9. The molecule has 1 aliphatic heterocycles. The molecule has 1 fully saturated rings. The van der Waals surface area contributed by atoms with Crippen LogP contribution in [0, 0.1) is 12.7 Å². The first kappa shape index (κ1) is 12.2. The van der Waals surface area contributed by atoms with Crippen molar-refractivity contribution < 1.29 is 4.39 Å². The number of likely N-dealkylation sites (N-methyl/N-ethyl adjacent to an activating group) is 1. The zero-order chi connectivity index (χ0) is 12.3. The summed E-state index contributed by atoms with van der Waals surface area (Å²) >= 11 is 0. The van der Waals surface area contributed by atoms with Crippen LogP contribution in [0.5, 0.6) is 0 Å². The predicted molar refractivity (Wildman–Crippen MR) is 65.6 cm³/mol. The van der Waals surface area contributed by atoms with E-state index in [2.05, 4.69) is 15.3 Å². The van der Waals surface area contributed by atoms with Gasteiger partial charge in [0.25, 0.3) is 0 Å². The van der Waals surface area contributed by atoms with E-state index in [4.69, 9.17) is 0 Å². The van der Waals surface area contributed by atoms with Crippen molar-refractivity contribution in [3.05, 3.63) is 17.8 Å². The minimum atomic E-state index is -0.299. The SMILES string of the molecule is CCN(CC1CCCN1)c1ncnc(C)c1F. The van der Waals surface area contributed by atoms with Crippen molar-refractivity contribution in [2.75, 3.05) is 24.5 Å². The molecule has 1 saturated heterocycles. The second-order valence-electron chi connectivity index (χ2n) is 4.43. The summed E-state index contributed by atoms with van der Waals surface area (Å²) in [5, 5.41) is 3.42.